The maximum absolute atomic E-state index is 13.6. The molecule has 0 amide bonds. The van der Waals surface area contributed by atoms with Gasteiger partial charge in [0.2, 0.25) is 5.78 Å². The number of ketones is 1. The normalized spacial score (nSPS) is 11.3. The third kappa shape index (κ3) is 3.56. The molecule has 3 aromatic carbocycles. The lowest BCUT2D eigenvalue weighted by molar-refractivity contribution is 0.104. The summed E-state index contributed by atoms with van der Waals surface area (Å²) in [6, 6.07) is 24.1. The van der Waals surface area contributed by atoms with Gasteiger partial charge < -0.3 is 14.4 Å². The number of benzene rings is 3. The van der Waals surface area contributed by atoms with Gasteiger partial charge in [0.15, 0.2) is 11.5 Å². The first-order valence-corrected chi connectivity index (χ1v) is 9.71. The second kappa shape index (κ2) is 8.21. The van der Waals surface area contributed by atoms with Gasteiger partial charge in [-0.25, -0.2) is 0 Å². The number of nitriles is 1. The highest BCUT2D eigenvalue weighted by molar-refractivity contribution is 6.23. The summed E-state index contributed by atoms with van der Waals surface area (Å²) in [5.41, 5.74) is 3.64. The summed E-state index contributed by atoms with van der Waals surface area (Å²) in [6.07, 6.45) is 1.51. The monoisotopic (exact) mass is 408 g/mol. The highest BCUT2D eigenvalue weighted by Gasteiger charge is 2.24. The molecule has 1 heterocycles. The van der Waals surface area contributed by atoms with Crippen molar-refractivity contribution in [2.24, 2.45) is 7.05 Å². The Morgan fingerprint density at radius 3 is 2.48 bits per heavy atom. The van der Waals surface area contributed by atoms with Crippen LogP contribution >= 0.6 is 0 Å². The van der Waals surface area contributed by atoms with Crippen LogP contribution in [0.5, 0.6) is 11.5 Å². The SMILES string of the molecule is COc1cc(/C=C(\C#N)C(=O)c2c(-c3ccccc3)n(C)c3ccccc23)ccc1O. The molecular weight excluding hydrogens is 388 g/mol. The smallest absolute Gasteiger partial charge is 0.206 e. The minimum atomic E-state index is -0.356. The van der Waals surface area contributed by atoms with Crippen LogP contribution in [-0.2, 0) is 7.05 Å². The van der Waals surface area contributed by atoms with Gasteiger partial charge in [-0.3, -0.25) is 4.79 Å². The van der Waals surface area contributed by atoms with E-state index in [9.17, 15) is 15.2 Å². The van der Waals surface area contributed by atoms with Crippen molar-refractivity contribution < 1.29 is 14.6 Å². The topological polar surface area (TPSA) is 75.2 Å². The van der Waals surface area contributed by atoms with Crippen LogP contribution in [0.15, 0.2) is 78.4 Å². The second-order valence-corrected chi connectivity index (χ2v) is 7.10. The van der Waals surface area contributed by atoms with Crippen LogP contribution in [0, 0.1) is 11.3 Å². The third-order valence-corrected chi connectivity index (χ3v) is 5.26. The van der Waals surface area contributed by atoms with Crippen LogP contribution < -0.4 is 4.74 Å². The number of hydrogen-bond donors (Lipinski definition) is 1. The lowest BCUT2D eigenvalue weighted by Crippen LogP contribution is -2.05. The van der Waals surface area contributed by atoms with E-state index in [-0.39, 0.29) is 22.9 Å². The van der Waals surface area contributed by atoms with E-state index >= 15 is 0 Å². The minimum absolute atomic E-state index is 0.00118. The number of phenolic OH excluding ortho intramolecular Hbond substituents is 1. The number of hydrogen-bond acceptors (Lipinski definition) is 4. The van der Waals surface area contributed by atoms with Crippen LogP contribution in [0.1, 0.15) is 15.9 Å². The van der Waals surface area contributed by atoms with E-state index in [0.717, 1.165) is 22.2 Å². The molecule has 0 atom stereocenters. The van der Waals surface area contributed by atoms with Crippen LogP contribution in [0.4, 0.5) is 0 Å². The van der Waals surface area contributed by atoms with Gasteiger partial charge >= 0.3 is 0 Å². The largest absolute Gasteiger partial charge is 0.504 e. The fourth-order valence-corrected chi connectivity index (χ4v) is 3.79. The van der Waals surface area contributed by atoms with Crippen molar-refractivity contribution in [1.82, 2.24) is 4.57 Å². The molecule has 0 aliphatic carbocycles. The number of aromatic hydroxyl groups is 1. The number of aromatic nitrogens is 1. The van der Waals surface area contributed by atoms with Crippen molar-refractivity contribution in [1.29, 1.82) is 5.26 Å². The Morgan fingerprint density at radius 2 is 1.77 bits per heavy atom. The van der Waals surface area contributed by atoms with E-state index in [1.807, 2.05) is 66.2 Å². The number of ether oxygens (including phenoxy) is 1. The second-order valence-electron chi connectivity index (χ2n) is 7.10. The number of carbonyl (C=O) groups excluding carboxylic acids is 1. The minimum Gasteiger partial charge on any atom is -0.504 e. The molecule has 5 nitrogen and oxygen atoms in total. The van der Waals surface area contributed by atoms with Crippen LogP contribution in [0.25, 0.3) is 28.2 Å². The van der Waals surface area contributed by atoms with Crippen molar-refractivity contribution in [3.8, 4) is 28.8 Å². The highest BCUT2D eigenvalue weighted by atomic mass is 16.5. The van der Waals surface area contributed by atoms with Gasteiger partial charge in [0.25, 0.3) is 0 Å². The van der Waals surface area contributed by atoms with Crippen LogP contribution in [0.2, 0.25) is 0 Å². The summed E-state index contributed by atoms with van der Waals surface area (Å²) in [7, 11) is 3.36. The zero-order chi connectivity index (χ0) is 22.0. The number of para-hydroxylation sites is 1. The number of nitrogens with zero attached hydrogens (tertiary/aromatic N) is 2. The molecule has 152 valence electrons. The number of methoxy groups -OCH3 is 1. The van der Waals surface area contributed by atoms with Gasteiger partial charge in [-0.1, -0.05) is 54.6 Å². The zero-order valence-electron chi connectivity index (χ0n) is 17.2. The van der Waals surface area contributed by atoms with E-state index in [1.54, 1.807) is 12.1 Å². The van der Waals surface area contributed by atoms with Gasteiger partial charge in [-0.15, -0.1) is 0 Å². The number of aryl methyl sites for hydroxylation is 1. The molecule has 4 aromatic rings. The highest BCUT2D eigenvalue weighted by Crippen LogP contribution is 2.35. The summed E-state index contributed by atoms with van der Waals surface area (Å²) in [5, 5.41) is 20.4. The summed E-state index contributed by atoms with van der Waals surface area (Å²) < 4.78 is 7.12. The Hall–Kier alpha value is -4.30. The summed E-state index contributed by atoms with van der Waals surface area (Å²) >= 11 is 0. The van der Waals surface area contributed by atoms with Gasteiger partial charge in [0.05, 0.1) is 18.4 Å². The number of fused-ring (bicyclic) bond motifs is 1. The molecule has 0 saturated heterocycles. The van der Waals surface area contributed by atoms with Gasteiger partial charge in [-0.05, 0) is 35.4 Å². The first-order valence-electron chi connectivity index (χ1n) is 9.71. The molecule has 0 radical (unpaired) electrons. The van der Waals surface area contributed by atoms with Crippen molar-refractivity contribution >= 4 is 22.8 Å². The van der Waals surface area contributed by atoms with E-state index in [1.165, 1.54) is 19.3 Å². The Labute approximate surface area is 180 Å². The summed E-state index contributed by atoms with van der Waals surface area (Å²) in [6.45, 7) is 0. The van der Waals surface area contributed by atoms with Crippen molar-refractivity contribution in [3.05, 3.63) is 89.5 Å². The zero-order valence-corrected chi connectivity index (χ0v) is 17.2. The molecular formula is C26H20N2O3. The molecule has 1 N–H and O–H groups in total. The number of carbonyl (C=O) groups is 1. The average Bonchev–Trinajstić information content (AvgIpc) is 3.11. The number of allylic oxidation sites excluding steroid dienone is 1. The van der Waals surface area contributed by atoms with Crippen molar-refractivity contribution in [2.75, 3.05) is 7.11 Å². The number of Topliss-reactive ketones (excluding diaryl/α,β-unsaturated/α-hetero) is 1. The van der Waals surface area contributed by atoms with E-state index in [0.29, 0.717) is 11.1 Å². The maximum Gasteiger partial charge on any atom is 0.206 e. The predicted octanol–water partition coefficient (Wildman–Crippen LogP) is 5.35. The number of rotatable bonds is 5. The Bertz CT molecular complexity index is 1360. The molecule has 5 heteroatoms. The molecule has 0 saturated carbocycles. The lowest BCUT2D eigenvalue weighted by Gasteiger charge is -2.08. The van der Waals surface area contributed by atoms with Crippen LogP contribution in [-0.4, -0.2) is 22.6 Å². The fraction of sp³-hybridized carbons (Fsp3) is 0.0769. The Kier molecular flexibility index (Phi) is 5.30. The molecule has 0 aliphatic heterocycles. The summed E-state index contributed by atoms with van der Waals surface area (Å²) in [4.78, 5) is 13.6. The molecule has 0 aliphatic rings. The number of phenols is 1. The molecule has 4 rings (SSSR count). The Morgan fingerprint density at radius 1 is 1.06 bits per heavy atom. The van der Waals surface area contributed by atoms with E-state index < -0.39 is 0 Å². The van der Waals surface area contributed by atoms with E-state index in [2.05, 4.69) is 6.07 Å². The van der Waals surface area contributed by atoms with Crippen LogP contribution in [0.3, 0.4) is 0 Å². The van der Waals surface area contributed by atoms with Crippen molar-refractivity contribution in [2.45, 2.75) is 0 Å². The maximum atomic E-state index is 13.6. The molecule has 0 fully saturated rings. The molecule has 0 unspecified atom stereocenters. The first kappa shape index (κ1) is 20.0. The molecule has 31 heavy (non-hydrogen) atoms. The average molecular weight is 408 g/mol. The Balaban J connectivity index is 1.92. The molecule has 1 aromatic heterocycles. The first-order chi connectivity index (χ1) is 15.0. The molecule has 0 spiro atoms. The predicted molar refractivity (Wildman–Crippen MR) is 121 cm³/mol. The van der Waals surface area contributed by atoms with Crippen molar-refractivity contribution in [3.63, 3.8) is 0 Å². The van der Waals surface area contributed by atoms with Gasteiger partial charge in [-0.2, -0.15) is 5.26 Å². The standard InChI is InChI=1S/C26H20N2O3/c1-28-21-11-7-6-10-20(21)24(25(28)18-8-4-3-5-9-18)26(30)19(16-27)14-17-12-13-22(29)23(15-17)31-2/h3-15,29H,1-2H3/b19-14+. The van der Waals surface area contributed by atoms with Gasteiger partial charge in [0, 0.05) is 18.0 Å². The van der Waals surface area contributed by atoms with E-state index in [4.69, 9.17) is 4.74 Å². The van der Waals surface area contributed by atoms with Gasteiger partial charge in [0.1, 0.15) is 11.6 Å². The third-order valence-electron chi connectivity index (χ3n) is 5.26. The molecule has 0 bridgehead atoms. The fourth-order valence-electron chi connectivity index (χ4n) is 3.79. The quantitative estimate of drug-likeness (QED) is 0.274. The lowest BCUT2D eigenvalue weighted by atomic mass is 9.96. The summed E-state index contributed by atoms with van der Waals surface area (Å²) in [5.74, 6) is -0.0938.